The van der Waals surface area contributed by atoms with Crippen LogP contribution in [0.25, 0.3) is 0 Å². The minimum absolute atomic E-state index is 0.243. The average Bonchev–Trinajstić information content (AvgIpc) is 2.66. The van der Waals surface area contributed by atoms with Crippen LogP contribution in [0.5, 0.6) is 0 Å². The molecule has 1 aliphatic rings. The van der Waals surface area contributed by atoms with Gasteiger partial charge in [0.25, 0.3) is 0 Å². The number of likely N-dealkylation sites (tertiary alicyclic amines) is 1. The van der Waals surface area contributed by atoms with Crippen LogP contribution in [0.2, 0.25) is 0 Å². The summed E-state index contributed by atoms with van der Waals surface area (Å²) in [5.41, 5.74) is 1.55. The third-order valence-electron chi connectivity index (χ3n) is 3.55. The first-order valence-electron chi connectivity index (χ1n) is 6.35. The molecule has 0 aromatic carbocycles. The number of methoxy groups -OCH3 is 1. The lowest BCUT2D eigenvalue weighted by atomic mass is 10.1. The Morgan fingerprint density at radius 2 is 2.37 bits per heavy atom. The molecule has 0 amide bonds. The molecule has 0 radical (unpaired) electrons. The first-order valence-corrected chi connectivity index (χ1v) is 7.15. The molecule has 0 unspecified atom stereocenters. The fourth-order valence-corrected chi connectivity index (χ4v) is 3.08. The Labute approximate surface area is 121 Å². The van der Waals surface area contributed by atoms with Crippen molar-refractivity contribution in [3.8, 4) is 0 Å². The maximum Gasteiger partial charge on any atom is 0.354 e. The molecule has 2 rings (SSSR count). The molecule has 0 spiro atoms. The molecule has 1 aromatic rings. The fourth-order valence-electron chi connectivity index (χ4n) is 2.47. The molecule has 5 nitrogen and oxygen atoms in total. The average molecular weight is 331 g/mol. The van der Waals surface area contributed by atoms with E-state index in [-0.39, 0.29) is 12.1 Å². The van der Waals surface area contributed by atoms with E-state index in [9.17, 15) is 9.90 Å². The zero-order valence-electron chi connectivity index (χ0n) is 11.2. The van der Waals surface area contributed by atoms with Gasteiger partial charge in [-0.1, -0.05) is 0 Å². The zero-order valence-corrected chi connectivity index (χ0v) is 12.8. The van der Waals surface area contributed by atoms with Crippen LogP contribution in [0.3, 0.4) is 0 Å². The Hall–Kier alpha value is -0.850. The fraction of sp³-hybridized carbons (Fsp3) is 0.615. The zero-order chi connectivity index (χ0) is 14.0. The number of ether oxygens (including phenoxy) is 1. The van der Waals surface area contributed by atoms with Gasteiger partial charge in [-0.15, -0.1) is 0 Å². The van der Waals surface area contributed by atoms with Gasteiger partial charge in [0.1, 0.15) is 5.69 Å². The SMILES string of the molecule is COC(=O)c1cc(Br)c(CN2CCC[C@H](O)C2)n1C. The number of aliphatic hydroxyl groups excluding tert-OH is 1. The third-order valence-corrected chi connectivity index (χ3v) is 4.24. The molecule has 2 heterocycles. The molecular formula is C13H19BrN2O3. The van der Waals surface area contributed by atoms with Crippen LogP contribution in [-0.2, 0) is 18.3 Å². The van der Waals surface area contributed by atoms with Crippen molar-refractivity contribution in [1.29, 1.82) is 0 Å². The second-order valence-electron chi connectivity index (χ2n) is 4.91. The summed E-state index contributed by atoms with van der Waals surface area (Å²) in [6.07, 6.45) is 1.64. The number of β-amino-alcohol motifs (C(OH)–C–C–N with tert-alkyl or cyclic N) is 1. The summed E-state index contributed by atoms with van der Waals surface area (Å²) in [4.78, 5) is 13.8. The largest absolute Gasteiger partial charge is 0.464 e. The van der Waals surface area contributed by atoms with Crippen LogP contribution < -0.4 is 0 Å². The van der Waals surface area contributed by atoms with E-state index >= 15 is 0 Å². The van der Waals surface area contributed by atoms with Crippen LogP contribution in [0.4, 0.5) is 0 Å². The first-order chi connectivity index (χ1) is 9.02. The summed E-state index contributed by atoms with van der Waals surface area (Å²) in [6.45, 7) is 2.37. The standard InChI is InChI=1S/C13H19BrN2O3/c1-15-11(13(18)19-2)6-10(14)12(15)8-16-5-3-4-9(17)7-16/h6,9,17H,3-5,7-8H2,1-2H3/t9-/m0/s1. The first kappa shape index (κ1) is 14.6. The number of hydrogen-bond donors (Lipinski definition) is 1. The van der Waals surface area contributed by atoms with Crippen molar-refractivity contribution in [2.45, 2.75) is 25.5 Å². The second kappa shape index (κ2) is 6.07. The van der Waals surface area contributed by atoms with Gasteiger partial charge >= 0.3 is 5.97 Å². The van der Waals surface area contributed by atoms with Crippen molar-refractivity contribution in [1.82, 2.24) is 9.47 Å². The number of nitrogens with zero attached hydrogens (tertiary/aromatic N) is 2. The van der Waals surface area contributed by atoms with Crippen molar-refractivity contribution in [3.63, 3.8) is 0 Å². The molecule has 6 heteroatoms. The van der Waals surface area contributed by atoms with Crippen LogP contribution in [0.1, 0.15) is 29.0 Å². The second-order valence-corrected chi connectivity index (χ2v) is 5.76. The maximum absolute atomic E-state index is 11.6. The molecular weight excluding hydrogens is 312 g/mol. The van der Waals surface area contributed by atoms with Crippen LogP contribution >= 0.6 is 15.9 Å². The molecule has 0 bridgehead atoms. The summed E-state index contributed by atoms with van der Waals surface area (Å²) in [5.74, 6) is -0.340. The number of rotatable bonds is 3. The van der Waals surface area contributed by atoms with Crippen molar-refractivity contribution in [2.24, 2.45) is 7.05 Å². The molecule has 1 aliphatic heterocycles. The Bertz CT molecular complexity index is 473. The highest BCUT2D eigenvalue weighted by molar-refractivity contribution is 9.10. The number of esters is 1. The molecule has 1 saturated heterocycles. The number of halogens is 1. The highest BCUT2D eigenvalue weighted by Crippen LogP contribution is 2.24. The molecule has 0 aliphatic carbocycles. The van der Waals surface area contributed by atoms with Gasteiger partial charge < -0.3 is 14.4 Å². The van der Waals surface area contributed by atoms with Crippen molar-refractivity contribution < 1.29 is 14.6 Å². The highest BCUT2D eigenvalue weighted by Gasteiger charge is 2.22. The summed E-state index contributed by atoms with van der Waals surface area (Å²) in [5, 5.41) is 9.69. The van der Waals surface area contributed by atoms with E-state index < -0.39 is 0 Å². The number of aromatic nitrogens is 1. The topological polar surface area (TPSA) is 54.7 Å². The predicted molar refractivity (Wildman–Crippen MR) is 75.0 cm³/mol. The molecule has 1 atom stereocenters. The quantitative estimate of drug-likeness (QED) is 0.854. The normalized spacial score (nSPS) is 20.5. The maximum atomic E-state index is 11.6. The summed E-state index contributed by atoms with van der Waals surface area (Å²) < 4.78 is 7.50. The monoisotopic (exact) mass is 330 g/mol. The van der Waals surface area contributed by atoms with E-state index in [0.717, 1.165) is 29.6 Å². The van der Waals surface area contributed by atoms with Gasteiger partial charge in [-0.05, 0) is 41.4 Å². The lowest BCUT2D eigenvalue weighted by Crippen LogP contribution is -2.38. The van der Waals surface area contributed by atoms with Crippen molar-refractivity contribution >= 4 is 21.9 Å². The van der Waals surface area contributed by atoms with Crippen LogP contribution in [0, 0.1) is 0 Å². The van der Waals surface area contributed by atoms with Gasteiger partial charge in [0.15, 0.2) is 0 Å². The minimum atomic E-state index is -0.340. The number of aliphatic hydroxyl groups is 1. The Morgan fingerprint density at radius 3 is 3.00 bits per heavy atom. The lowest BCUT2D eigenvalue weighted by Gasteiger charge is -2.30. The van der Waals surface area contributed by atoms with Gasteiger partial charge in [0, 0.05) is 30.3 Å². The molecule has 0 saturated carbocycles. The number of carbonyl (C=O) groups is 1. The molecule has 1 aromatic heterocycles. The lowest BCUT2D eigenvalue weighted by molar-refractivity contribution is 0.0582. The van der Waals surface area contributed by atoms with Crippen LogP contribution in [-0.4, -0.2) is 46.8 Å². The van der Waals surface area contributed by atoms with Gasteiger partial charge in [0.05, 0.1) is 13.2 Å². The summed E-state index contributed by atoms with van der Waals surface area (Å²) >= 11 is 3.49. The molecule has 1 fully saturated rings. The van der Waals surface area contributed by atoms with Gasteiger partial charge in [0.2, 0.25) is 0 Å². The minimum Gasteiger partial charge on any atom is -0.464 e. The third kappa shape index (κ3) is 3.19. The number of hydrogen-bond acceptors (Lipinski definition) is 4. The van der Waals surface area contributed by atoms with E-state index in [2.05, 4.69) is 20.8 Å². The van der Waals surface area contributed by atoms with Crippen LogP contribution in [0.15, 0.2) is 10.5 Å². The summed E-state index contributed by atoms with van der Waals surface area (Å²) in [7, 11) is 3.23. The number of piperidine rings is 1. The molecule has 1 N–H and O–H groups in total. The van der Waals surface area contributed by atoms with Gasteiger partial charge in [-0.2, -0.15) is 0 Å². The van der Waals surface area contributed by atoms with Gasteiger partial charge in [-0.25, -0.2) is 4.79 Å². The molecule has 19 heavy (non-hydrogen) atoms. The number of carbonyl (C=O) groups excluding carboxylic acids is 1. The highest BCUT2D eigenvalue weighted by atomic mass is 79.9. The summed E-state index contributed by atoms with van der Waals surface area (Å²) in [6, 6.07) is 1.78. The van der Waals surface area contributed by atoms with E-state index in [4.69, 9.17) is 4.74 Å². The van der Waals surface area contributed by atoms with Gasteiger partial charge in [-0.3, -0.25) is 4.90 Å². The van der Waals surface area contributed by atoms with Crippen molar-refractivity contribution in [2.75, 3.05) is 20.2 Å². The van der Waals surface area contributed by atoms with E-state index in [1.54, 1.807) is 6.07 Å². The Kier molecular flexibility index (Phi) is 4.65. The predicted octanol–water partition coefficient (Wildman–Crippen LogP) is 1.53. The molecule has 106 valence electrons. The smallest absolute Gasteiger partial charge is 0.354 e. The van der Waals surface area contributed by atoms with E-state index in [1.807, 2.05) is 11.6 Å². The Morgan fingerprint density at radius 1 is 1.63 bits per heavy atom. The van der Waals surface area contributed by atoms with E-state index in [0.29, 0.717) is 18.8 Å². The van der Waals surface area contributed by atoms with Crippen molar-refractivity contribution in [3.05, 3.63) is 21.9 Å². The Balaban J connectivity index is 2.16. The van der Waals surface area contributed by atoms with E-state index in [1.165, 1.54) is 7.11 Å².